The predicted molar refractivity (Wildman–Crippen MR) is 69.9 cm³/mol. The number of hydrogen-bond acceptors (Lipinski definition) is 5. The summed E-state index contributed by atoms with van der Waals surface area (Å²) in [7, 11) is 0. The van der Waals surface area contributed by atoms with Gasteiger partial charge in [0.15, 0.2) is 5.75 Å². The van der Waals surface area contributed by atoms with E-state index < -0.39 is 24.1 Å². The molecule has 2 aromatic heterocycles. The van der Waals surface area contributed by atoms with Crippen LogP contribution in [0.3, 0.4) is 0 Å². The van der Waals surface area contributed by atoms with Gasteiger partial charge in [-0.1, -0.05) is 0 Å². The van der Waals surface area contributed by atoms with E-state index in [1.54, 1.807) is 0 Å². The monoisotopic (exact) mass is 366 g/mol. The first-order valence-electron chi connectivity index (χ1n) is 6.41. The first-order valence-corrected chi connectivity index (χ1v) is 6.41. The van der Waals surface area contributed by atoms with Crippen LogP contribution < -0.4 is 10.1 Å². The highest BCUT2D eigenvalue weighted by Gasteiger charge is 2.34. The second kappa shape index (κ2) is 6.91. The van der Waals surface area contributed by atoms with E-state index in [0.717, 1.165) is 24.7 Å². The Morgan fingerprint density at radius 3 is 2.20 bits per heavy atom. The molecule has 1 amide bonds. The van der Waals surface area contributed by atoms with E-state index >= 15 is 0 Å². The number of rotatable bonds is 5. The summed E-state index contributed by atoms with van der Waals surface area (Å²) in [6, 6.07) is 1.11. The van der Waals surface area contributed by atoms with E-state index in [2.05, 4.69) is 25.0 Å². The Morgan fingerprint density at radius 1 is 1.04 bits per heavy atom. The van der Waals surface area contributed by atoms with E-state index in [9.17, 15) is 31.1 Å². The lowest BCUT2D eigenvalue weighted by molar-refractivity contribution is -0.275. The van der Waals surface area contributed by atoms with E-state index in [1.807, 2.05) is 0 Å². The van der Waals surface area contributed by atoms with Gasteiger partial charge < -0.3 is 10.1 Å². The van der Waals surface area contributed by atoms with Crippen molar-refractivity contribution in [3.63, 3.8) is 0 Å². The minimum atomic E-state index is -4.98. The lowest BCUT2D eigenvalue weighted by Crippen LogP contribution is -2.20. The number of pyridine rings is 1. The molecule has 0 saturated carbocycles. The van der Waals surface area contributed by atoms with Crippen LogP contribution in [0.15, 0.2) is 24.7 Å². The molecule has 0 radical (unpaired) electrons. The van der Waals surface area contributed by atoms with Crippen molar-refractivity contribution < 1.29 is 35.9 Å². The highest BCUT2D eigenvalue weighted by Crippen LogP contribution is 2.30. The number of carbonyl (C=O) groups excluding carboxylic acids is 1. The number of hydrogen-bond donors (Lipinski definition) is 1. The number of aromatic nitrogens is 3. The Labute approximate surface area is 135 Å². The lowest BCUT2D eigenvalue weighted by Gasteiger charge is -2.14. The maximum Gasteiger partial charge on any atom is 0.573 e. The van der Waals surface area contributed by atoms with Crippen LogP contribution in [-0.2, 0) is 17.5 Å². The normalized spacial score (nSPS) is 11.9. The van der Waals surface area contributed by atoms with E-state index in [-0.39, 0.29) is 29.8 Å². The largest absolute Gasteiger partial charge is 0.573 e. The molecule has 134 valence electrons. The van der Waals surface area contributed by atoms with E-state index in [0.29, 0.717) is 0 Å². The molecule has 0 aliphatic rings. The summed E-state index contributed by atoms with van der Waals surface area (Å²) in [6.45, 7) is -0.314. The van der Waals surface area contributed by atoms with Crippen LogP contribution in [0.2, 0.25) is 0 Å². The van der Waals surface area contributed by atoms with Gasteiger partial charge in [0.2, 0.25) is 12.2 Å². The van der Waals surface area contributed by atoms with Crippen molar-refractivity contribution in [1.29, 1.82) is 0 Å². The number of carbonyl (C=O) groups is 1. The highest BCUT2D eigenvalue weighted by molar-refractivity contribution is 5.59. The Balaban J connectivity index is 2.36. The molecule has 0 aromatic carbocycles. The van der Waals surface area contributed by atoms with Gasteiger partial charge in [-0.15, -0.1) is 13.2 Å². The van der Waals surface area contributed by atoms with Gasteiger partial charge in [0.25, 0.3) is 0 Å². The number of nitrogens with zero attached hydrogens (tertiary/aromatic N) is 3. The molecule has 0 unspecified atom stereocenters. The van der Waals surface area contributed by atoms with Crippen LogP contribution >= 0.6 is 0 Å². The van der Waals surface area contributed by atoms with Crippen molar-refractivity contribution in [1.82, 2.24) is 20.3 Å². The zero-order chi connectivity index (χ0) is 18.7. The summed E-state index contributed by atoms with van der Waals surface area (Å²) in [6.07, 6.45) is -7.04. The topological polar surface area (TPSA) is 77.0 Å². The van der Waals surface area contributed by atoms with E-state index in [1.165, 1.54) is 0 Å². The molecule has 12 heteroatoms. The zero-order valence-electron chi connectivity index (χ0n) is 12.0. The van der Waals surface area contributed by atoms with Crippen LogP contribution in [0.4, 0.5) is 26.3 Å². The number of halogens is 6. The van der Waals surface area contributed by atoms with Gasteiger partial charge in [0.05, 0.1) is 11.9 Å². The second-order valence-electron chi connectivity index (χ2n) is 4.52. The molecule has 0 atom stereocenters. The summed E-state index contributed by atoms with van der Waals surface area (Å²) in [4.78, 5) is 20.3. The molecule has 0 spiro atoms. The van der Waals surface area contributed by atoms with E-state index in [4.69, 9.17) is 0 Å². The summed E-state index contributed by atoms with van der Waals surface area (Å²) < 4.78 is 78.1. The van der Waals surface area contributed by atoms with Crippen LogP contribution in [0, 0.1) is 0 Å². The Kier molecular flexibility index (Phi) is 5.09. The molecule has 2 rings (SSSR count). The van der Waals surface area contributed by atoms with Gasteiger partial charge in [0, 0.05) is 30.1 Å². The van der Waals surface area contributed by atoms with Crippen molar-refractivity contribution in [2.24, 2.45) is 0 Å². The first kappa shape index (κ1) is 18.4. The average molecular weight is 366 g/mol. The standard InChI is InChI=1S/C13H8F6N4O2/c14-12(15,16)11-22-3-8(4-23-11)9-1-7(2-20-6-24)10(5-21-9)25-13(17,18)19/h1,3-6H,2H2,(H,20,24). The summed E-state index contributed by atoms with van der Waals surface area (Å²) >= 11 is 0. The van der Waals surface area contributed by atoms with Gasteiger partial charge in [-0.05, 0) is 6.07 Å². The Hall–Kier alpha value is -2.92. The third kappa shape index (κ3) is 5.02. The van der Waals surface area contributed by atoms with Gasteiger partial charge in [0.1, 0.15) is 0 Å². The SMILES string of the molecule is O=CNCc1cc(-c2cnc(C(F)(F)F)nc2)ncc1OC(F)(F)F. The minimum absolute atomic E-state index is 0.00551. The van der Waals surface area contributed by atoms with Gasteiger partial charge >= 0.3 is 12.5 Å². The number of nitrogens with one attached hydrogen (secondary N) is 1. The lowest BCUT2D eigenvalue weighted by atomic mass is 10.1. The second-order valence-corrected chi connectivity index (χ2v) is 4.52. The molecule has 1 N–H and O–H groups in total. The fourth-order valence-corrected chi connectivity index (χ4v) is 1.76. The molecule has 25 heavy (non-hydrogen) atoms. The fraction of sp³-hybridized carbons (Fsp3) is 0.231. The summed E-state index contributed by atoms with van der Waals surface area (Å²) in [5.74, 6) is -2.02. The molecule has 0 bridgehead atoms. The molecule has 0 fully saturated rings. The third-order valence-electron chi connectivity index (χ3n) is 2.75. The zero-order valence-corrected chi connectivity index (χ0v) is 12.0. The Morgan fingerprint density at radius 2 is 1.68 bits per heavy atom. The van der Waals surface area contributed by atoms with Crippen LogP contribution in [0.1, 0.15) is 11.4 Å². The van der Waals surface area contributed by atoms with Crippen molar-refractivity contribution in [2.75, 3.05) is 0 Å². The smallest absolute Gasteiger partial charge is 0.404 e. The molecule has 0 aliphatic carbocycles. The highest BCUT2D eigenvalue weighted by atomic mass is 19.4. The summed E-state index contributed by atoms with van der Waals surface area (Å²) in [5.41, 5.74) is -0.0424. The van der Waals surface area contributed by atoms with Crippen molar-refractivity contribution in [2.45, 2.75) is 19.1 Å². The third-order valence-corrected chi connectivity index (χ3v) is 2.75. The molecule has 2 aromatic rings. The van der Waals surface area contributed by atoms with Crippen LogP contribution in [0.25, 0.3) is 11.3 Å². The summed E-state index contributed by atoms with van der Waals surface area (Å²) in [5, 5.41) is 2.16. The minimum Gasteiger partial charge on any atom is -0.404 e. The van der Waals surface area contributed by atoms with Gasteiger partial charge in [-0.2, -0.15) is 13.2 Å². The quantitative estimate of drug-likeness (QED) is 0.650. The van der Waals surface area contributed by atoms with Gasteiger partial charge in [-0.3, -0.25) is 9.78 Å². The van der Waals surface area contributed by atoms with Crippen molar-refractivity contribution >= 4 is 6.41 Å². The molecular weight excluding hydrogens is 358 g/mol. The fourth-order valence-electron chi connectivity index (χ4n) is 1.76. The van der Waals surface area contributed by atoms with Gasteiger partial charge in [-0.25, -0.2) is 9.97 Å². The number of amides is 1. The first-order chi connectivity index (χ1) is 11.6. The van der Waals surface area contributed by atoms with Crippen molar-refractivity contribution in [3.8, 4) is 17.0 Å². The predicted octanol–water partition coefficient (Wildman–Crippen LogP) is 2.70. The van der Waals surface area contributed by atoms with Crippen LogP contribution in [-0.4, -0.2) is 27.7 Å². The van der Waals surface area contributed by atoms with Crippen molar-refractivity contribution in [3.05, 3.63) is 36.0 Å². The molecule has 0 aliphatic heterocycles. The molecular formula is C13H8F6N4O2. The number of alkyl halides is 6. The molecule has 0 saturated heterocycles. The Bertz CT molecular complexity index is 746. The molecule has 2 heterocycles. The van der Waals surface area contributed by atoms with Crippen LogP contribution in [0.5, 0.6) is 5.75 Å². The maximum absolute atomic E-state index is 12.4. The average Bonchev–Trinajstić information content (AvgIpc) is 2.52. The number of ether oxygens (including phenoxy) is 1. The maximum atomic E-state index is 12.4. The molecule has 6 nitrogen and oxygen atoms in total.